The molecule has 1 fully saturated rings. The fraction of sp³-hybridized carbons (Fsp3) is 0.778. The van der Waals surface area contributed by atoms with Crippen LogP contribution in [-0.2, 0) is 4.79 Å². The Morgan fingerprint density at radius 2 is 1.92 bits per heavy atom. The topological polar surface area (TPSA) is 49.3 Å². The first kappa shape index (κ1) is 10.4. The maximum Gasteiger partial charge on any atom is 0.316 e. The second-order valence-corrected chi connectivity index (χ2v) is 3.94. The zero-order valence-electron chi connectivity index (χ0n) is 7.80. The van der Waals surface area contributed by atoms with Crippen molar-refractivity contribution < 1.29 is 9.90 Å². The number of hydrogen-bond donors (Lipinski definition) is 2. The van der Waals surface area contributed by atoms with Crippen molar-refractivity contribution in [1.29, 1.82) is 0 Å². The van der Waals surface area contributed by atoms with E-state index >= 15 is 0 Å². The molecule has 0 aliphatic heterocycles. The van der Waals surface area contributed by atoms with Crippen LogP contribution in [0.5, 0.6) is 0 Å². The van der Waals surface area contributed by atoms with Crippen LogP contribution in [0, 0.1) is 5.41 Å². The van der Waals surface area contributed by atoms with Gasteiger partial charge >= 0.3 is 5.97 Å². The molecule has 0 atom stereocenters. The second kappa shape index (κ2) is 4.05. The van der Waals surface area contributed by atoms with Crippen LogP contribution in [0.3, 0.4) is 0 Å². The van der Waals surface area contributed by atoms with Gasteiger partial charge in [-0.1, -0.05) is 31.5 Å². The van der Waals surface area contributed by atoms with E-state index in [0.717, 1.165) is 19.3 Å². The lowest BCUT2D eigenvalue weighted by atomic mass is 9.74. The van der Waals surface area contributed by atoms with Crippen molar-refractivity contribution in [3.05, 3.63) is 0 Å². The third-order valence-electron chi connectivity index (χ3n) is 2.78. The summed E-state index contributed by atoms with van der Waals surface area (Å²) in [5, 5.41) is 12.0. The number of nitrogens with one attached hydrogen (secondary N) is 1. The molecule has 0 heterocycles. The predicted molar refractivity (Wildman–Crippen MR) is 54.8 cm³/mol. The Balaban J connectivity index is 2.85. The van der Waals surface area contributed by atoms with E-state index in [9.17, 15) is 4.79 Å². The molecule has 0 saturated heterocycles. The minimum Gasteiger partial charge on any atom is -0.481 e. The number of rotatable bonds is 2. The molecule has 2 N–H and O–H groups in total. The Kier molecular flexibility index (Phi) is 3.25. The third-order valence-corrected chi connectivity index (χ3v) is 3.37. The van der Waals surface area contributed by atoms with Crippen LogP contribution in [0.25, 0.3) is 0 Å². The number of carbonyl (C=O) groups is 1. The van der Waals surface area contributed by atoms with Crippen LogP contribution in [-0.4, -0.2) is 23.1 Å². The summed E-state index contributed by atoms with van der Waals surface area (Å²) in [5.74, 6) is -0.772. The molecule has 1 rings (SSSR count). The fourth-order valence-corrected chi connectivity index (χ4v) is 2.22. The summed E-state index contributed by atoms with van der Waals surface area (Å²) in [7, 11) is 1.70. The molecule has 0 aromatic heterocycles. The Labute approximate surface area is 83.5 Å². The van der Waals surface area contributed by atoms with Crippen molar-refractivity contribution in [2.45, 2.75) is 32.1 Å². The van der Waals surface area contributed by atoms with Gasteiger partial charge in [-0.05, 0) is 12.8 Å². The smallest absolute Gasteiger partial charge is 0.316 e. The zero-order valence-corrected chi connectivity index (χ0v) is 8.62. The van der Waals surface area contributed by atoms with Crippen LogP contribution >= 0.6 is 12.2 Å². The summed E-state index contributed by atoms with van der Waals surface area (Å²) < 4.78 is 0. The monoisotopic (exact) mass is 201 g/mol. The molecule has 0 aromatic carbocycles. The highest BCUT2D eigenvalue weighted by Gasteiger charge is 2.43. The molecule has 74 valence electrons. The highest BCUT2D eigenvalue weighted by atomic mass is 32.1. The second-order valence-electron chi connectivity index (χ2n) is 3.53. The average Bonchev–Trinajstić information content (AvgIpc) is 2.17. The van der Waals surface area contributed by atoms with Crippen LogP contribution < -0.4 is 5.32 Å². The molecule has 4 heteroatoms. The van der Waals surface area contributed by atoms with Gasteiger partial charge in [0.15, 0.2) is 0 Å². The van der Waals surface area contributed by atoms with Crippen molar-refractivity contribution in [2.75, 3.05) is 7.05 Å². The first-order valence-corrected chi connectivity index (χ1v) is 5.00. The Bertz CT molecular complexity index is 222. The Hall–Kier alpha value is -0.640. The molecule has 1 aliphatic rings. The van der Waals surface area contributed by atoms with Gasteiger partial charge in [0.05, 0.1) is 4.99 Å². The van der Waals surface area contributed by atoms with E-state index in [4.69, 9.17) is 17.3 Å². The largest absolute Gasteiger partial charge is 0.481 e. The molecule has 3 nitrogen and oxygen atoms in total. The standard InChI is InChI=1S/C9H15NO2S/c1-10-7(13)9(8(11)12)5-3-2-4-6-9/h2-6H2,1H3,(H,10,13)(H,11,12). The molecule has 0 spiro atoms. The SMILES string of the molecule is CNC(=S)C1(C(=O)O)CCCCC1. The van der Waals surface area contributed by atoms with Crippen LogP contribution in [0.1, 0.15) is 32.1 Å². The lowest BCUT2D eigenvalue weighted by Gasteiger charge is -2.33. The third kappa shape index (κ3) is 1.82. The van der Waals surface area contributed by atoms with Gasteiger partial charge in [0, 0.05) is 7.05 Å². The minimum absolute atomic E-state index is 0.486. The maximum absolute atomic E-state index is 11.1. The summed E-state index contributed by atoms with van der Waals surface area (Å²) in [5.41, 5.74) is -0.775. The molecule has 0 amide bonds. The quantitative estimate of drug-likeness (QED) is 0.666. The fourth-order valence-electron chi connectivity index (χ4n) is 1.93. The van der Waals surface area contributed by atoms with E-state index < -0.39 is 11.4 Å². The summed E-state index contributed by atoms with van der Waals surface area (Å²) in [4.78, 5) is 11.6. The van der Waals surface area contributed by atoms with Crippen molar-refractivity contribution in [1.82, 2.24) is 5.32 Å². The van der Waals surface area contributed by atoms with Gasteiger partial charge in [0.25, 0.3) is 0 Å². The minimum atomic E-state index is -0.775. The Morgan fingerprint density at radius 1 is 1.38 bits per heavy atom. The van der Waals surface area contributed by atoms with E-state index in [1.54, 1.807) is 7.05 Å². The van der Waals surface area contributed by atoms with E-state index in [-0.39, 0.29) is 0 Å². The number of carboxylic acid groups (broad SMARTS) is 1. The van der Waals surface area contributed by atoms with E-state index in [1.807, 2.05) is 0 Å². The van der Waals surface area contributed by atoms with Crippen molar-refractivity contribution in [3.63, 3.8) is 0 Å². The van der Waals surface area contributed by atoms with Gasteiger partial charge in [0.1, 0.15) is 5.41 Å². The average molecular weight is 201 g/mol. The first-order valence-electron chi connectivity index (χ1n) is 4.59. The zero-order chi connectivity index (χ0) is 9.90. The number of aliphatic carboxylic acids is 1. The molecule has 0 radical (unpaired) electrons. The molecular formula is C9H15NO2S. The highest BCUT2D eigenvalue weighted by Crippen LogP contribution is 2.37. The maximum atomic E-state index is 11.1. The van der Waals surface area contributed by atoms with E-state index in [1.165, 1.54) is 0 Å². The summed E-state index contributed by atoms with van der Waals surface area (Å²) in [6.07, 6.45) is 4.42. The lowest BCUT2D eigenvalue weighted by Crippen LogP contribution is -2.45. The van der Waals surface area contributed by atoms with Gasteiger partial charge in [-0.3, -0.25) is 4.79 Å². The van der Waals surface area contributed by atoms with E-state index in [0.29, 0.717) is 17.8 Å². The van der Waals surface area contributed by atoms with Gasteiger partial charge in [-0.2, -0.15) is 0 Å². The molecule has 0 bridgehead atoms. The van der Waals surface area contributed by atoms with Gasteiger partial charge in [-0.25, -0.2) is 0 Å². The first-order chi connectivity index (χ1) is 6.13. The number of carboxylic acids is 1. The number of thiocarbonyl (C=S) groups is 1. The van der Waals surface area contributed by atoms with Gasteiger partial charge in [0.2, 0.25) is 0 Å². The number of hydrogen-bond acceptors (Lipinski definition) is 2. The van der Waals surface area contributed by atoms with Crippen molar-refractivity contribution in [2.24, 2.45) is 5.41 Å². The molecular weight excluding hydrogens is 186 g/mol. The van der Waals surface area contributed by atoms with Crippen molar-refractivity contribution in [3.8, 4) is 0 Å². The molecule has 0 unspecified atom stereocenters. The molecule has 0 aromatic rings. The van der Waals surface area contributed by atoms with Gasteiger partial charge < -0.3 is 10.4 Å². The van der Waals surface area contributed by atoms with Crippen LogP contribution in [0.2, 0.25) is 0 Å². The normalized spacial score (nSPS) is 20.7. The summed E-state index contributed by atoms with van der Waals surface area (Å²) in [6, 6.07) is 0. The Morgan fingerprint density at radius 3 is 2.31 bits per heavy atom. The molecule has 13 heavy (non-hydrogen) atoms. The van der Waals surface area contributed by atoms with Crippen LogP contribution in [0.4, 0.5) is 0 Å². The molecule has 1 saturated carbocycles. The van der Waals surface area contributed by atoms with Gasteiger partial charge in [-0.15, -0.1) is 0 Å². The highest BCUT2D eigenvalue weighted by molar-refractivity contribution is 7.80. The molecule has 1 aliphatic carbocycles. The van der Waals surface area contributed by atoms with Crippen molar-refractivity contribution >= 4 is 23.2 Å². The summed E-state index contributed by atoms with van der Waals surface area (Å²) >= 11 is 5.07. The predicted octanol–water partition coefficient (Wildman–Crippen LogP) is 1.57. The lowest BCUT2D eigenvalue weighted by molar-refractivity contribution is -0.146. The van der Waals surface area contributed by atoms with Crippen LogP contribution in [0.15, 0.2) is 0 Å². The summed E-state index contributed by atoms with van der Waals surface area (Å²) in [6.45, 7) is 0. The van der Waals surface area contributed by atoms with E-state index in [2.05, 4.69) is 5.32 Å².